The molecule has 1 heterocycles. The number of halogens is 1. The number of fused-ring (bicyclic) bond motifs is 1. The number of hydrogen-bond donors (Lipinski definition) is 1. The lowest BCUT2D eigenvalue weighted by Gasteiger charge is -2.20. The lowest BCUT2D eigenvalue weighted by Crippen LogP contribution is -2.25. The first-order chi connectivity index (χ1) is 10.2. The molecule has 0 aromatic heterocycles. The standard InChI is InChI=1S/C16H14ClNO2S/c1-21-12-5-2-10(3-6-12)16(17)11-4-7-14-13(8-11)18-15(19)9-20-14/h2-8,16H,9H2,1H3,(H,18,19). The fourth-order valence-corrected chi connectivity index (χ4v) is 2.91. The molecular weight excluding hydrogens is 306 g/mol. The Morgan fingerprint density at radius 2 is 1.90 bits per heavy atom. The van der Waals surface area contributed by atoms with Gasteiger partial charge in [-0.2, -0.15) is 0 Å². The fraction of sp³-hybridized carbons (Fsp3) is 0.188. The summed E-state index contributed by atoms with van der Waals surface area (Å²) in [5.41, 5.74) is 2.63. The number of hydrogen-bond acceptors (Lipinski definition) is 3. The number of ether oxygens (including phenoxy) is 1. The molecule has 0 saturated carbocycles. The predicted octanol–water partition coefficient (Wildman–Crippen LogP) is 4.07. The Morgan fingerprint density at radius 1 is 1.19 bits per heavy atom. The van der Waals surface area contributed by atoms with Crippen LogP contribution in [0.3, 0.4) is 0 Å². The first-order valence-electron chi connectivity index (χ1n) is 6.52. The molecule has 3 nitrogen and oxygen atoms in total. The Morgan fingerprint density at radius 3 is 2.62 bits per heavy atom. The van der Waals surface area contributed by atoms with E-state index < -0.39 is 0 Å². The molecule has 0 radical (unpaired) electrons. The Hall–Kier alpha value is -1.65. The van der Waals surface area contributed by atoms with Crippen LogP contribution in [0.1, 0.15) is 16.5 Å². The van der Waals surface area contributed by atoms with Crippen molar-refractivity contribution < 1.29 is 9.53 Å². The van der Waals surface area contributed by atoms with E-state index in [4.69, 9.17) is 16.3 Å². The van der Waals surface area contributed by atoms with E-state index in [-0.39, 0.29) is 17.9 Å². The van der Waals surface area contributed by atoms with Gasteiger partial charge in [-0.05, 0) is 41.6 Å². The smallest absolute Gasteiger partial charge is 0.262 e. The van der Waals surface area contributed by atoms with Crippen molar-refractivity contribution in [3.05, 3.63) is 53.6 Å². The Kier molecular flexibility index (Phi) is 4.08. The number of nitrogens with one attached hydrogen (secondary N) is 1. The highest BCUT2D eigenvalue weighted by atomic mass is 35.5. The van der Waals surface area contributed by atoms with E-state index in [1.807, 2.05) is 36.6 Å². The maximum atomic E-state index is 11.4. The van der Waals surface area contributed by atoms with E-state index in [9.17, 15) is 4.79 Å². The fourth-order valence-electron chi connectivity index (χ4n) is 2.22. The molecule has 1 aliphatic heterocycles. The maximum absolute atomic E-state index is 11.4. The average Bonchev–Trinajstić information content (AvgIpc) is 2.53. The van der Waals surface area contributed by atoms with Gasteiger partial charge in [-0.1, -0.05) is 18.2 Å². The van der Waals surface area contributed by atoms with E-state index >= 15 is 0 Å². The number of thioether (sulfide) groups is 1. The van der Waals surface area contributed by atoms with E-state index in [2.05, 4.69) is 17.4 Å². The van der Waals surface area contributed by atoms with Gasteiger partial charge in [0.15, 0.2) is 6.61 Å². The lowest BCUT2D eigenvalue weighted by atomic mass is 10.0. The summed E-state index contributed by atoms with van der Waals surface area (Å²) in [4.78, 5) is 12.6. The molecular formula is C16H14ClNO2S. The molecule has 1 amide bonds. The van der Waals surface area contributed by atoms with Crippen molar-refractivity contribution in [3.63, 3.8) is 0 Å². The molecule has 0 bridgehead atoms. The number of anilines is 1. The van der Waals surface area contributed by atoms with Crippen LogP contribution < -0.4 is 10.1 Å². The van der Waals surface area contributed by atoms with Gasteiger partial charge >= 0.3 is 0 Å². The first kappa shape index (κ1) is 14.3. The minimum atomic E-state index is -0.259. The van der Waals surface area contributed by atoms with Crippen LogP contribution in [0.2, 0.25) is 0 Å². The van der Waals surface area contributed by atoms with Crippen molar-refractivity contribution in [2.75, 3.05) is 18.2 Å². The summed E-state index contributed by atoms with van der Waals surface area (Å²) >= 11 is 8.24. The molecule has 5 heteroatoms. The highest BCUT2D eigenvalue weighted by molar-refractivity contribution is 7.98. The number of carbonyl (C=O) groups is 1. The van der Waals surface area contributed by atoms with Crippen LogP contribution in [0.5, 0.6) is 5.75 Å². The molecule has 1 N–H and O–H groups in total. The van der Waals surface area contributed by atoms with Gasteiger partial charge in [-0.3, -0.25) is 4.79 Å². The van der Waals surface area contributed by atoms with Crippen molar-refractivity contribution in [1.82, 2.24) is 0 Å². The summed E-state index contributed by atoms with van der Waals surface area (Å²) in [6.07, 6.45) is 2.04. The van der Waals surface area contributed by atoms with Crippen molar-refractivity contribution >= 4 is 35.0 Å². The number of alkyl halides is 1. The van der Waals surface area contributed by atoms with Gasteiger partial charge in [0.1, 0.15) is 5.75 Å². The van der Waals surface area contributed by atoms with Gasteiger partial charge in [-0.15, -0.1) is 23.4 Å². The summed E-state index contributed by atoms with van der Waals surface area (Å²) in [6.45, 7) is 0.0623. The van der Waals surface area contributed by atoms with Crippen LogP contribution in [-0.2, 0) is 4.79 Å². The van der Waals surface area contributed by atoms with E-state index in [0.29, 0.717) is 11.4 Å². The normalized spacial score (nSPS) is 14.9. The van der Waals surface area contributed by atoms with Crippen LogP contribution in [0, 0.1) is 0 Å². The molecule has 3 rings (SSSR count). The quantitative estimate of drug-likeness (QED) is 0.684. The lowest BCUT2D eigenvalue weighted by molar-refractivity contribution is -0.118. The molecule has 2 aromatic rings. The predicted molar refractivity (Wildman–Crippen MR) is 86.5 cm³/mol. The van der Waals surface area contributed by atoms with Gasteiger partial charge < -0.3 is 10.1 Å². The summed E-state index contributed by atoms with van der Waals surface area (Å²) in [7, 11) is 0. The van der Waals surface area contributed by atoms with E-state index in [1.165, 1.54) is 4.90 Å². The highest BCUT2D eigenvalue weighted by Crippen LogP contribution is 2.35. The van der Waals surface area contributed by atoms with Gasteiger partial charge in [0.2, 0.25) is 0 Å². The summed E-state index contributed by atoms with van der Waals surface area (Å²) < 4.78 is 5.35. The molecule has 0 spiro atoms. The first-order valence-corrected chi connectivity index (χ1v) is 8.18. The van der Waals surface area contributed by atoms with Crippen LogP contribution >= 0.6 is 23.4 Å². The van der Waals surface area contributed by atoms with Crippen molar-refractivity contribution in [1.29, 1.82) is 0 Å². The van der Waals surface area contributed by atoms with Crippen LogP contribution in [-0.4, -0.2) is 18.8 Å². The Labute approximate surface area is 132 Å². The highest BCUT2D eigenvalue weighted by Gasteiger charge is 2.18. The third-order valence-electron chi connectivity index (χ3n) is 3.34. The molecule has 1 atom stereocenters. The molecule has 0 fully saturated rings. The number of benzene rings is 2. The summed E-state index contributed by atoms with van der Waals surface area (Å²) in [5.74, 6) is 0.537. The SMILES string of the molecule is CSc1ccc(C(Cl)c2ccc3c(c2)NC(=O)CO3)cc1. The van der Waals surface area contributed by atoms with Gasteiger partial charge in [-0.25, -0.2) is 0 Å². The monoisotopic (exact) mass is 319 g/mol. The molecule has 0 aliphatic carbocycles. The number of amides is 1. The minimum Gasteiger partial charge on any atom is -0.482 e. The van der Waals surface area contributed by atoms with Crippen molar-refractivity contribution in [3.8, 4) is 5.75 Å². The molecule has 1 aliphatic rings. The minimum absolute atomic E-state index is 0.0623. The van der Waals surface area contributed by atoms with Gasteiger partial charge in [0.05, 0.1) is 11.1 Å². The molecule has 1 unspecified atom stereocenters. The maximum Gasteiger partial charge on any atom is 0.262 e. The topological polar surface area (TPSA) is 38.3 Å². The average molecular weight is 320 g/mol. The van der Waals surface area contributed by atoms with Crippen molar-refractivity contribution in [2.24, 2.45) is 0 Å². The largest absolute Gasteiger partial charge is 0.482 e. The second-order valence-electron chi connectivity index (χ2n) is 4.73. The number of carbonyl (C=O) groups excluding carboxylic acids is 1. The van der Waals surface area contributed by atoms with E-state index in [1.54, 1.807) is 11.8 Å². The zero-order valence-corrected chi connectivity index (χ0v) is 13.0. The van der Waals surface area contributed by atoms with Crippen molar-refractivity contribution in [2.45, 2.75) is 10.3 Å². The van der Waals surface area contributed by atoms with Gasteiger partial charge in [0, 0.05) is 4.90 Å². The molecule has 21 heavy (non-hydrogen) atoms. The van der Waals surface area contributed by atoms with Crippen LogP contribution in [0.15, 0.2) is 47.4 Å². The second-order valence-corrected chi connectivity index (χ2v) is 6.04. The summed E-state index contributed by atoms with van der Waals surface area (Å²) in [6, 6.07) is 13.8. The van der Waals surface area contributed by atoms with Crippen LogP contribution in [0.4, 0.5) is 5.69 Å². The molecule has 108 valence electrons. The zero-order valence-electron chi connectivity index (χ0n) is 11.4. The second kappa shape index (κ2) is 6.00. The third-order valence-corrected chi connectivity index (χ3v) is 4.59. The zero-order chi connectivity index (χ0) is 14.8. The van der Waals surface area contributed by atoms with Gasteiger partial charge in [0.25, 0.3) is 5.91 Å². The Bertz CT molecular complexity index is 672. The molecule has 0 saturated heterocycles. The van der Waals surface area contributed by atoms with Crippen LogP contribution in [0.25, 0.3) is 0 Å². The number of rotatable bonds is 3. The molecule has 2 aromatic carbocycles. The summed E-state index contributed by atoms with van der Waals surface area (Å²) in [5, 5.41) is 2.54. The Balaban J connectivity index is 1.88. The third kappa shape index (κ3) is 3.01. The van der Waals surface area contributed by atoms with E-state index in [0.717, 1.165) is 11.1 Å².